The molecule has 48 heavy (non-hydrogen) atoms. The summed E-state index contributed by atoms with van der Waals surface area (Å²) in [6, 6.07) is 43.1. The minimum Gasteiger partial charge on any atom is -0.336 e. The molecule has 0 saturated heterocycles. The van der Waals surface area contributed by atoms with Crippen molar-refractivity contribution in [3.05, 3.63) is 115 Å². The van der Waals surface area contributed by atoms with Crippen LogP contribution in [0.15, 0.2) is 109 Å². The second-order valence-electron chi connectivity index (χ2n) is 17.2. The van der Waals surface area contributed by atoms with E-state index in [0.717, 1.165) is 17.8 Å². The van der Waals surface area contributed by atoms with Crippen LogP contribution in [0, 0.1) is 17.8 Å². The molecule has 0 radical (unpaired) electrons. The van der Waals surface area contributed by atoms with Crippen LogP contribution in [-0.2, 0) is 5.41 Å². The highest BCUT2D eigenvalue weighted by Gasteiger charge is 2.63. The molecular weight excluding hydrogens is 595 g/mol. The van der Waals surface area contributed by atoms with Crippen LogP contribution in [0.3, 0.4) is 0 Å². The first kappa shape index (κ1) is 27.9. The maximum absolute atomic E-state index is 2.98. The lowest BCUT2D eigenvalue weighted by molar-refractivity contribution is 0.267. The zero-order valence-corrected chi connectivity index (χ0v) is 29.6. The molecule has 5 aromatic rings. The number of anilines is 5. The van der Waals surface area contributed by atoms with Crippen molar-refractivity contribution in [2.75, 3.05) is 9.80 Å². The van der Waals surface area contributed by atoms with Gasteiger partial charge < -0.3 is 9.80 Å². The minimum absolute atomic E-state index is 0.117. The maximum Gasteiger partial charge on any atom is 0.251 e. The number of rotatable bonds is 3. The molecule has 3 aliphatic heterocycles. The van der Waals surface area contributed by atoms with Crippen LogP contribution >= 0.6 is 0 Å². The Hall–Kier alpha value is -4.02. The van der Waals surface area contributed by atoms with Crippen molar-refractivity contribution in [3.8, 4) is 0 Å². The number of hydrogen-bond donors (Lipinski definition) is 0. The van der Waals surface area contributed by atoms with E-state index in [1.807, 2.05) is 0 Å². The number of nitrogens with zero attached hydrogens (tertiary/aromatic N) is 2. The van der Waals surface area contributed by atoms with Gasteiger partial charge in [0.2, 0.25) is 0 Å². The van der Waals surface area contributed by atoms with E-state index in [9.17, 15) is 0 Å². The second kappa shape index (κ2) is 9.15. The van der Waals surface area contributed by atoms with Crippen molar-refractivity contribution in [1.29, 1.82) is 0 Å². The summed E-state index contributed by atoms with van der Waals surface area (Å²) in [5.41, 5.74) is 13.5. The third kappa shape index (κ3) is 3.31. The monoisotopic (exact) mass is 638 g/mol. The molecule has 4 heteroatoms. The lowest BCUT2D eigenvalue weighted by Crippen LogP contribution is -2.84. The summed E-state index contributed by atoms with van der Waals surface area (Å²) >= 11 is 0. The predicted octanol–water partition coefficient (Wildman–Crippen LogP) is 6.73. The van der Waals surface area contributed by atoms with Crippen molar-refractivity contribution < 1.29 is 0 Å². The highest BCUT2D eigenvalue weighted by atomic mass is 28.3. The Morgan fingerprint density at radius 3 is 1.83 bits per heavy atom. The third-order valence-corrected chi connectivity index (χ3v) is 18.4. The van der Waals surface area contributed by atoms with Gasteiger partial charge in [0.1, 0.15) is 8.07 Å². The molecule has 3 unspecified atom stereocenters. The summed E-state index contributed by atoms with van der Waals surface area (Å²) in [7, 11) is -2.36. The van der Waals surface area contributed by atoms with E-state index < -0.39 is 8.07 Å². The first-order valence-corrected chi connectivity index (χ1v) is 20.9. The van der Waals surface area contributed by atoms with Crippen LogP contribution in [0.5, 0.6) is 0 Å². The van der Waals surface area contributed by atoms with E-state index in [1.54, 1.807) is 26.8 Å². The van der Waals surface area contributed by atoms with Gasteiger partial charge in [-0.1, -0.05) is 110 Å². The van der Waals surface area contributed by atoms with E-state index in [0.29, 0.717) is 0 Å². The van der Waals surface area contributed by atoms with E-state index in [2.05, 4.69) is 146 Å². The van der Waals surface area contributed by atoms with Gasteiger partial charge in [-0.15, -0.1) is 0 Å². The standard InChI is InChI=1S/C44H43BN2Si/c1-43(2,3)30-19-21-32(22-20-30)46-34-13-8-15-36-40(34)45-41-35(46)14-9-17-38(41)48(4,33-11-6-5-7-12-33)39-18-10-16-37(42(39)45)47(36)44-26-28-23-29(27-44)25-31(44)24-28/h5-22,28-29,31H,23-27H2,1-4H3. The quantitative estimate of drug-likeness (QED) is 0.199. The highest BCUT2D eigenvalue weighted by Crippen LogP contribution is 2.65. The average Bonchev–Trinajstić information content (AvgIpc) is 3.50. The van der Waals surface area contributed by atoms with Gasteiger partial charge in [-0.2, -0.15) is 0 Å². The Morgan fingerprint density at radius 1 is 0.625 bits per heavy atom. The lowest BCUT2D eigenvalue weighted by Gasteiger charge is -2.55. The van der Waals surface area contributed by atoms with Gasteiger partial charge in [-0.3, -0.25) is 0 Å². The zero-order chi connectivity index (χ0) is 32.2. The normalized spacial score (nSPS) is 28.2. The van der Waals surface area contributed by atoms with E-state index in [-0.39, 0.29) is 17.7 Å². The summed E-state index contributed by atoms with van der Waals surface area (Å²) in [5, 5.41) is 4.73. The van der Waals surface area contributed by atoms with Crippen LogP contribution in [0.2, 0.25) is 6.55 Å². The molecule has 0 amide bonds. The molecule has 4 bridgehead atoms. The van der Waals surface area contributed by atoms with Crippen molar-refractivity contribution >= 4 is 75.2 Å². The summed E-state index contributed by atoms with van der Waals surface area (Å²) in [6.45, 7) is 9.85. The molecule has 0 spiro atoms. The topological polar surface area (TPSA) is 6.48 Å². The molecule has 236 valence electrons. The van der Waals surface area contributed by atoms with Gasteiger partial charge in [0.25, 0.3) is 6.71 Å². The molecule has 5 aromatic carbocycles. The van der Waals surface area contributed by atoms with Crippen LogP contribution in [0.1, 0.15) is 58.4 Å². The summed E-state index contributed by atoms with van der Waals surface area (Å²) in [5.74, 6) is 2.60. The average molecular weight is 639 g/mol. The SMILES string of the molecule is CC(C)(C)c1ccc(N2c3cccc4c3B3c5c2cccc5[Si](C)(c2ccccc2)c2cccc(c23)N4C23CC4CC(CC2C4)C3)cc1. The largest absolute Gasteiger partial charge is 0.336 e. The fourth-order valence-corrected chi connectivity index (χ4v) is 16.4. The van der Waals surface area contributed by atoms with Crippen LogP contribution in [0.4, 0.5) is 28.4 Å². The Balaban J connectivity index is 1.25. The molecule has 7 aliphatic rings. The maximum atomic E-state index is 2.98. The summed E-state index contributed by atoms with van der Waals surface area (Å²) in [6.07, 6.45) is 7.04. The van der Waals surface area contributed by atoms with Crippen LogP contribution < -0.4 is 41.7 Å². The molecule has 4 fully saturated rings. The molecular formula is C44H43BN2Si. The second-order valence-corrected chi connectivity index (χ2v) is 21.1. The van der Waals surface area contributed by atoms with E-state index in [1.165, 1.54) is 71.3 Å². The Labute approximate surface area is 286 Å². The van der Waals surface area contributed by atoms with Crippen molar-refractivity contribution in [2.24, 2.45) is 17.8 Å². The fourth-order valence-electron chi connectivity index (χ4n) is 12.1. The van der Waals surface area contributed by atoms with Crippen molar-refractivity contribution in [3.63, 3.8) is 0 Å². The molecule has 4 aliphatic carbocycles. The smallest absolute Gasteiger partial charge is 0.251 e. The fraction of sp³-hybridized carbons (Fsp3) is 0.318. The molecule has 3 heterocycles. The van der Waals surface area contributed by atoms with Gasteiger partial charge in [-0.05, 0) is 119 Å². The molecule has 12 rings (SSSR count). The molecule has 3 atom stereocenters. The lowest BCUT2D eigenvalue weighted by atomic mass is 9.33. The first-order chi connectivity index (χ1) is 23.3. The van der Waals surface area contributed by atoms with E-state index >= 15 is 0 Å². The Kier molecular flexibility index (Phi) is 5.32. The van der Waals surface area contributed by atoms with Crippen LogP contribution in [-0.4, -0.2) is 20.3 Å². The molecule has 0 aromatic heterocycles. The van der Waals surface area contributed by atoms with Crippen molar-refractivity contribution in [2.45, 2.75) is 70.4 Å². The number of benzene rings is 5. The first-order valence-electron chi connectivity index (χ1n) is 18.4. The number of hydrogen-bond acceptors (Lipinski definition) is 2. The molecule has 0 N–H and O–H groups in total. The van der Waals surface area contributed by atoms with Gasteiger partial charge in [0.15, 0.2) is 0 Å². The Bertz CT molecular complexity index is 2150. The van der Waals surface area contributed by atoms with E-state index in [4.69, 9.17) is 0 Å². The molecule has 2 nitrogen and oxygen atoms in total. The third-order valence-electron chi connectivity index (χ3n) is 13.9. The molecule has 4 saturated carbocycles. The van der Waals surface area contributed by atoms with Gasteiger partial charge in [-0.25, -0.2) is 0 Å². The summed E-state index contributed by atoms with van der Waals surface area (Å²) < 4.78 is 0. The Morgan fingerprint density at radius 2 is 1.19 bits per heavy atom. The highest BCUT2D eigenvalue weighted by molar-refractivity contribution is 7.21. The predicted molar refractivity (Wildman–Crippen MR) is 206 cm³/mol. The van der Waals surface area contributed by atoms with Gasteiger partial charge in [0, 0.05) is 34.0 Å². The minimum atomic E-state index is -2.36. The van der Waals surface area contributed by atoms with Crippen molar-refractivity contribution in [1.82, 2.24) is 0 Å². The van der Waals surface area contributed by atoms with Gasteiger partial charge >= 0.3 is 0 Å². The van der Waals surface area contributed by atoms with Crippen LogP contribution in [0.25, 0.3) is 0 Å². The summed E-state index contributed by atoms with van der Waals surface area (Å²) in [4.78, 5) is 5.61. The van der Waals surface area contributed by atoms with Gasteiger partial charge in [0.05, 0.1) is 0 Å². The zero-order valence-electron chi connectivity index (χ0n) is 28.6.